The smallest absolute Gasteiger partial charge is 0.211 e. The molecule has 0 radical (unpaired) electrons. The van der Waals surface area contributed by atoms with Crippen molar-refractivity contribution in [2.75, 3.05) is 0 Å². The molecule has 0 spiro atoms. The lowest BCUT2D eigenvalue weighted by atomic mass is 10.4. The van der Waals surface area contributed by atoms with Gasteiger partial charge in [-0.3, -0.25) is 0 Å². The average Bonchev–Trinajstić information content (AvgIpc) is 1.62. The van der Waals surface area contributed by atoms with Gasteiger partial charge in [0, 0.05) is 0 Å². The Balaban J connectivity index is 4.40. The van der Waals surface area contributed by atoms with Crippen LogP contribution in [0.4, 0.5) is 22.0 Å². The van der Waals surface area contributed by atoms with E-state index in [0.717, 1.165) is 0 Å². The molecule has 0 aromatic rings. The monoisotopic (exact) mass is 202 g/mol. The van der Waals surface area contributed by atoms with Crippen molar-refractivity contribution in [3.8, 4) is 0 Å². The summed E-state index contributed by atoms with van der Waals surface area (Å²) < 4.78 is 57.4. The second-order valence-corrected chi connectivity index (χ2v) is 2.45. The molecule has 0 rings (SSSR count). The lowest BCUT2D eigenvalue weighted by molar-refractivity contribution is -0.100. The second-order valence-electron chi connectivity index (χ2n) is 1.42. The molecule has 0 aliphatic carbocycles. The Hall–Kier alpha value is 0.230. The molecule has 0 aromatic heterocycles. The third-order valence-electron chi connectivity index (χ3n) is 0.652. The van der Waals surface area contributed by atoms with Crippen molar-refractivity contribution in [3.63, 3.8) is 0 Å². The molecule has 0 amide bonds. The molecule has 0 bridgehead atoms. The minimum atomic E-state index is -4.76. The van der Waals surface area contributed by atoms with Crippen LogP contribution in [0.15, 0.2) is 0 Å². The normalized spacial score (nSPS) is 19.2. The summed E-state index contributed by atoms with van der Waals surface area (Å²) in [6, 6.07) is 0. The zero-order valence-corrected chi connectivity index (χ0v) is 5.73. The van der Waals surface area contributed by atoms with E-state index in [1.165, 1.54) is 0 Å². The Morgan fingerprint density at radius 3 is 1.30 bits per heavy atom. The molecule has 0 heterocycles. The first kappa shape index (κ1) is 10.2. The van der Waals surface area contributed by atoms with Gasteiger partial charge in [0.2, 0.25) is 0 Å². The minimum absolute atomic E-state index is 3.90. The first-order chi connectivity index (χ1) is 4.19. The van der Waals surface area contributed by atoms with Gasteiger partial charge < -0.3 is 0 Å². The standard InChI is InChI=1S/C3HCl2F5/c4-2(8,1(6)7)3(5,9)10/h1H/t2-/m1/s1. The largest absolute Gasteiger partial charge is 0.374 e. The minimum Gasteiger partial charge on any atom is -0.211 e. The molecule has 0 saturated heterocycles. The van der Waals surface area contributed by atoms with Crippen LogP contribution >= 0.6 is 23.2 Å². The van der Waals surface area contributed by atoms with Crippen LogP contribution in [0.3, 0.4) is 0 Å². The van der Waals surface area contributed by atoms with E-state index in [-0.39, 0.29) is 0 Å². The Kier molecular flexibility index (Phi) is 2.76. The predicted molar refractivity (Wildman–Crippen MR) is 26.5 cm³/mol. The summed E-state index contributed by atoms with van der Waals surface area (Å²) in [5, 5.41) is -9.25. The van der Waals surface area contributed by atoms with Gasteiger partial charge in [0.1, 0.15) is 0 Å². The highest BCUT2D eigenvalue weighted by Gasteiger charge is 2.59. The maximum absolute atomic E-state index is 11.9. The molecule has 0 aliphatic heterocycles. The predicted octanol–water partition coefficient (Wildman–Crippen LogP) is 2.99. The molecule has 0 aromatic carbocycles. The second kappa shape index (κ2) is 2.70. The molecule has 0 saturated carbocycles. The summed E-state index contributed by atoms with van der Waals surface area (Å²) in [6.07, 6.45) is -4.03. The average molecular weight is 203 g/mol. The molecule has 10 heavy (non-hydrogen) atoms. The van der Waals surface area contributed by atoms with Crippen LogP contribution in [0.5, 0.6) is 0 Å². The third-order valence-corrected chi connectivity index (χ3v) is 1.43. The number of alkyl halides is 7. The van der Waals surface area contributed by atoms with E-state index in [1.54, 1.807) is 0 Å². The third kappa shape index (κ3) is 1.85. The molecule has 0 N–H and O–H groups in total. The van der Waals surface area contributed by atoms with Crippen LogP contribution < -0.4 is 0 Å². The Labute approximate surface area is 62.9 Å². The van der Waals surface area contributed by atoms with Crippen LogP contribution in [0.1, 0.15) is 0 Å². The van der Waals surface area contributed by atoms with Crippen molar-refractivity contribution in [2.45, 2.75) is 16.9 Å². The summed E-state index contributed by atoms with van der Waals surface area (Å²) in [5.74, 6) is 0. The van der Waals surface area contributed by atoms with Gasteiger partial charge >= 0.3 is 10.5 Å². The van der Waals surface area contributed by atoms with Crippen LogP contribution in [0.25, 0.3) is 0 Å². The van der Waals surface area contributed by atoms with Gasteiger partial charge in [-0.25, -0.2) is 13.2 Å². The maximum atomic E-state index is 11.9. The zero-order valence-electron chi connectivity index (χ0n) is 4.22. The van der Waals surface area contributed by atoms with Crippen LogP contribution in [-0.4, -0.2) is 16.9 Å². The summed E-state index contributed by atoms with van der Waals surface area (Å²) in [5.41, 5.74) is 0. The van der Waals surface area contributed by atoms with E-state index >= 15 is 0 Å². The van der Waals surface area contributed by atoms with Gasteiger partial charge in [-0.2, -0.15) is 8.78 Å². The maximum Gasteiger partial charge on any atom is 0.374 e. The summed E-state index contributed by atoms with van der Waals surface area (Å²) >= 11 is 7.95. The Morgan fingerprint density at radius 2 is 1.30 bits per heavy atom. The highest BCUT2D eigenvalue weighted by atomic mass is 35.5. The molecule has 0 aliphatic rings. The first-order valence-corrected chi connectivity index (χ1v) is 2.68. The van der Waals surface area contributed by atoms with Gasteiger partial charge in [-0.05, 0) is 11.6 Å². The van der Waals surface area contributed by atoms with E-state index in [2.05, 4.69) is 23.2 Å². The van der Waals surface area contributed by atoms with E-state index in [9.17, 15) is 22.0 Å². The number of halogens is 7. The SMILES string of the molecule is FC(F)[C@](F)(Cl)C(F)(F)Cl. The van der Waals surface area contributed by atoms with Gasteiger partial charge in [0.15, 0.2) is 0 Å². The quantitative estimate of drug-likeness (QED) is 0.477. The summed E-state index contributed by atoms with van der Waals surface area (Å²) in [7, 11) is 0. The van der Waals surface area contributed by atoms with Crippen LogP contribution in [-0.2, 0) is 0 Å². The van der Waals surface area contributed by atoms with Crippen LogP contribution in [0.2, 0.25) is 0 Å². The molecule has 0 fully saturated rings. The fraction of sp³-hybridized carbons (Fsp3) is 1.00. The van der Waals surface area contributed by atoms with Crippen molar-refractivity contribution in [1.82, 2.24) is 0 Å². The van der Waals surface area contributed by atoms with Crippen molar-refractivity contribution < 1.29 is 22.0 Å². The number of rotatable bonds is 2. The fourth-order valence-corrected chi connectivity index (χ4v) is 0.206. The first-order valence-electron chi connectivity index (χ1n) is 1.92. The van der Waals surface area contributed by atoms with Crippen molar-refractivity contribution in [2.24, 2.45) is 0 Å². The molecule has 1 atom stereocenters. The molecular formula is C3HCl2F5. The van der Waals surface area contributed by atoms with E-state index in [0.29, 0.717) is 0 Å². The van der Waals surface area contributed by atoms with Gasteiger partial charge in [-0.15, -0.1) is 0 Å². The molecule has 7 heteroatoms. The van der Waals surface area contributed by atoms with Crippen molar-refractivity contribution in [1.29, 1.82) is 0 Å². The Bertz CT molecular complexity index is 117. The molecule has 0 unspecified atom stereocenters. The summed E-state index contributed by atoms with van der Waals surface area (Å²) in [4.78, 5) is 0. The summed E-state index contributed by atoms with van der Waals surface area (Å²) in [6.45, 7) is 0. The van der Waals surface area contributed by atoms with Gasteiger partial charge in [0.25, 0.3) is 6.43 Å². The fourth-order valence-electron chi connectivity index (χ4n) is 0.124. The zero-order chi connectivity index (χ0) is 8.58. The number of hydrogen-bond acceptors (Lipinski definition) is 0. The van der Waals surface area contributed by atoms with E-state index in [4.69, 9.17) is 0 Å². The van der Waals surface area contributed by atoms with E-state index < -0.39 is 16.9 Å². The highest BCUT2D eigenvalue weighted by molar-refractivity contribution is 6.32. The molecular weight excluding hydrogens is 202 g/mol. The Morgan fingerprint density at radius 1 is 1.00 bits per heavy atom. The van der Waals surface area contributed by atoms with Crippen molar-refractivity contribution in [3.05, 3.63) is 0 Å². The van der Waals surface area contributed by atoms with E-state index in [1.807, 2.05) is 0 Å². The van der Waals surface area contributed by atoms with Crippen molar-refractivity contribution >= 4 is 23.2 Å². The highest BCUT2D eigenvalue weighted by Crippen LogP contribution is 2.43. The van der Waals surface area contributed by atoms with Crippen LogP contribution in [0, 0.1) is 0 Å². The lowest BCUT2D eigenvalue weighted by Gasteiger charge is -2.20. The lowest BCUT2D eigenvalue weighted by Crippen LogP contribution is -2.40. The van der Waals surface area contributed by atoms with Gasteiger partial charge in [0.05, 0.1) is 0 Å². The molecule has 62 valence electrons. The molecule has 0 nitrogen and oxygen atoms in total. The number of hydrogen-bond donors (Lipinski definition) is 0. The topological polar surface area (TPSA) is 0 Å². The van der Waals surface area contributed by atoms with Gasteiger partial charge in [-0.1, -0.05) is 11.6 Å².